The maximum Gasteiger partial charge on any atom is 0.322 e. The van der Waals surface area contributed by atoms with Gasteiger partial charge in [-0.05, 0) is 24.1 Å². The van der Waals surface area contributed by atoms with Gasteiger partial charge in [-0.2, -0.15) is 0 Å². The number of carbonyl (C=O) groups excluding carboxylic acids is 2. The van der Waals surface area contributed by atoms with Gasteiger partial charge in [0.1, 0.15) is 6.04 Å². The second-order valence-corrected chi connectivity index (χ2v) is 5.78. The SMILES string of the molecule is COC(=O)[C@@H](N)Cc1ccc(C(=O)Nc2c(Cl)cncc2Cl)cc1.Cl. The number of nitrogens with zero attached hydrogens (tertiary/aromatic N) is 1. The molecule has 1 aromatic carbocycles. The lowest BCUT2D eigenvalue weighted by Gasteiger charge is -2.11. The first-order valence-electron chi connectivity index (χ1n) is 6.95. The Hall–Kier alpha value is -1.86. The molecule has 0 unspecified atom stereocenters. The summed E-state index contributed by atoms with van der Waals surface area (Å²) >= 11 is 11.9. The summed E-state index contributed by atoms with van der Waals surface area (Å²) < 4.78 is 4.58. The van der Waals surface area contributed by atoms with E-state index in [4.69, 9.17) is 28.9 Å². The molecule has 134 valence electrons. The van der Waals surface area contributed by atoms with Crippen LogP contribution < -0.4 is 11.1 Å². The Kier molecular flexibility index (Phi) is 8.12. The van der Waals surface area contributed by atoms with Gasteiger partial charge in [0.2, 0.25) is 0 Å². The number of carbonyl (C=O) groups is 2. The van der Waals surface area contributed by atoms with Crippen LogP contribution in [0.3, 0.4) is 0 Å². The highest BCUT2D eigenvalue weighted by molar-refractivity contribution is 6.39. The van der Waals surface area contributed by atoms with Crippen molar-refractivity contribution in [3.63, 3.8) is 0 Å². The number of aromatic nitrogens is 1. The number of nitrogens with one attached hydrogen (secondary N) is 1. The quantitative estimate of drug-likeness (QED) is 0.747. The molecule has 6 nitrogen and oxygen atoms in total. The molecule has 9 heteroatoms. The minimum absolute atomic E-state index is 0. The lowest BCUT2D eigenvalue weighted by Crippen LogP contribution is -2.33. The Labute approximate surface area is 161 Å². The van der Waals surface area contributed by atoms with Gasteiger partial charge in [0.25, 0.3) is 5.91 Å². The zero-order chi connectivity index (χ0) is 17.7. The molecule has 0 aliphatic rings. The molecule has 1 aromatic heterocycles. The van der Waals surface area contributed by atoms with Crippen molar-refractivity contribution >= 4 is 53.2 Å². The first-order chi connectivity index (χ1) is 11.4. The molecule has 0 bridgehead atoms. The highest BCUT2D eigenvalue weighted by atomic mass is 35.5. The Morgan fingerprint density at radius 2 is 1.76 bits per heavy atom. The van der Waals surface area contributed by atoms with Crippen LogP contribution >= 0.6 is 35.6 Å². The third kappa shape index (κ3) is 5.57. The molecule has 3 N–H and O–H groups in total. The molecular weight excluding hydrogens is 389 g/mol. The van der Waals surface area contributed by atoms with Crippen LogP contribution in [0.15, 0.2) is 36.7 Å². The molecule has 0 aliphatic carbocycles. The standard InChI is InChI=1S/C16H15Cl2N3O3.ClH/c1-24-16(23)13(19)6-9-2-4-10(5-3-9)15(22)21-14-11(17)7-20-8-12(14)18;/h2-5,7-8,13H,6,19H2,1H3,(H,20,21,22);1H/t13-;/m0./s1. The van der Waals surface area contributed by atoms with Gasteiger partial charge in [-0.3, -0.25) is 14.6 Å². The lowest BCUT2D eigenvalue weighted by atomic mass is 10.0. The van der Waals surface area contributed by atoms with E-state index in [1.165, 1.54) is 19.5 Å². The van der Waals surface area contributed by atoms with Crippen molar-refractivity contribution in [1.29, 1.82) is 0 Å². The zero-order valence-corrected chi connectivity index (χ0v) is 15.5. The maximum absolute atomic E-state index is 12.3. The number of halogens is 3. The van der Waals surface area contributed by atoms with Gasteiger partial charge in [0.15, 0.2) is 0 Å². The Morgan fingerprint density at radius 3 is 2.28 bits per heavy atom. The summed E-state index contributed by atoms with van der Waals surface area (Å²) in [6.45, 7) is 0. The normalized spacial score (nSPS) is 11.2. The third-order valence-corrected chi connectivity index (χ3v) is 3.84. The molecule has 0 aliphatic heterocycles. The van der Waals surface area contributed by atoms with Crippen molar-refractivity contribution in [3.05, 3.63) is 57.8 Å². The zero-order valence-electron chi connectivity index (χ0n) is 13.2. The average Bonchev–Trinajstić information content (AvgIpc) is 2.58. The van der Waals surface area contributed by atoms with E-state index < -0.39 is 12.0 Å². The summed E-state index contributed by atoms with van der Waals surface area (Å²) in [5.41, 5.74) is 7.23. The van der Waals surface area contributed by atoms with Crippen molar-refractivity contribution < 1.29 is 14.3 Å². The first kappa shape index (κ1) is 21.2. The number of anilines is 1. The number of ether oxygens (including phenoxy) is 1. The first-order valence-corrected chi connectivity index (χ1v) is 7.70. The average molecular weight is 405 g/mol. The molecular formula is C16H16Cl3N3O3. The van der Waals surface area contributed by atoms with Crippen LogP contribution in [0.4, 0.5) is 5.69 Å². The number of hydrogen-bond acceptors (Lipinski definition) is 5. The number of nitrogens with two attached hydrogens (primary N) is 1. The fraction of sp³-hybridized carbons (Fsp3) is 0.188. The van der Waals surface area contributed by atoms with Crippen molar-refractivity contribution in [1.82, 2.24) is 4.98 Å². The largest absolute Gasteiger partial charge is 0.468 e. The van der Waals surface area contributed by atoms with Crippen LogP contribution in [0.5, 0.6) is 0 Å². The van der Waals surface area contributed by atoms with Crippen LogP contribution in [-0.2, 0) is 16.0 Å². The third-order valence-electron chi connectivity index (χ3n) is 3.27. The number of amides is 1. The number of methoxy groups -OCH3 is 1. The minimum Gasteiger partial charge on any atom is -0.468 e. The predicted octanol–water partition coefficient (Wildman–Crippen LogP) is 3.11. The van der Waals surface area contributed by atoms with E-state index in [2.05, 4.69) is 15.0 Å². The van der Waals surface area contributed by atoms with Crippen molar-refractivity contribution in [2.75, 3.05) is 12.4 Å². The Balaban J connectivity index is 0.00000312. The van der Waals surface area contributed by atoms with E-state index in [0.29, 0.717) is 17.7 Å². The topological polar surface area (TPSA) is 94.3 Å². The Bertz CT molecular complexity index is 734. The van der Waals surface area contributed by atoms with Gasteiger partial charge in [0.05, 0.1) is 22.8 Å². The molecule has 0 fully saturated rings. The summed E-state index contributed by atoms with van der Waals surface area (Å²) in [6, 6.07) is 5.93. The molecule has 0 spiro atoms. The van der Waals surface area contributed by atoms with Gasteiger partial charge in [-0.15, -0.1) is 12.4 Å². The van der Waals surface area contributed by atoms with Crippen molar-refractivity contribution in [3.8, 4) is 0 Å². The van der Waals surface area contributed by atoms with E-state index >= 15 is 0 Å². The summed E-state index contributed by atoms with van der Waals surface area (Å²) in [5, 5.41) is 3.13. The van der Waals surface area contributed by atoms with Crippen molar-refractivity contribution in [2.24, 2.45) is 5.73 Å². The van der Waals surface area contributed by atoms with Crippen LogP contribution in [0.25, 0.3) is 0 Å². The molecule has 1 amide bonds. The monoisotopic (exact) mass is 403 g/mol. The molecule has 0 radical (unpaired) electrons. The smallest absolute Gasteiger partial charge is 0.322 e. The summed E-state index contributed by atoms with van der Waals surface area (Å²) in [4.78, 5) is 27.4. The highest BCUT2D eigenvalue weighted by Crippen LogP contribution is 2.29. The van der Waals surface area contributed by atoms with Gasteiger partial charge >= 0.3 is 5.97 Å². The minimum atomic E-state index is -0.746. The molecule has 0 saturated heterocycles. The van der Waals surface area contributed by atoms with Gasteiger partial charge < -0.3 is 15.8 Å². The van der Waals surface area contributed by atoms with Gasteiger partial charge in [-0.25, -0.2) is 0 Å². The van der Waals surface area contributed by atoms with Gasteiger partial charge in [0, 0.05) is 18.0 Å². The Morgan fingerprint density at radius 1 is 1.20 bits per heavy atom. The molecule has 0 saturated carbocycles. The van der Waals surface area contributed by atoms with Crippen LogP contribution in [-0.4, -0.2) is 30.0 Å². The van der Waals surface area contributed by atoms with Gasteiger partial charge in [-0.1, -0.05) is 35.3 Å². The van der Waals surface area contributed by atoms with Crippen LogP contribution in [0, 0.1) is 0 Å². The van der Waals surface area contributed by atoms with Crippen LogP contribution in [0.1, 0.15) is 15.9 Å². The van der Waals surface area contributed by atoms with E-state index in [1.54, 1.807) is 24.3 Å². The highest BCUT2D eigenvalue weighted by Gasteiger charge is 2.15. The van der Waals surface area contributed by atoms with Crippen LogP contribution in [0.2, 0.25) is 10.0 Å². The maximum atomic E-state index is 12.3. The lowest BCUT2D eigenvalue weighted by molar-refractivity contribution is -0.142. The molecule has 1 atom stereocenters. The second kappa shape index (κ2) is 9.58. The summed E-state index contributed by atoms with van der Waals surface area (Å²) in [6.07, 6.45) is 3.09. The molecule has 2 aromatic rings. The number of esters is 1. The number of benzene rings is 1. The molecule has 2 rings (SSSR count). The van der Waals surface area contributed by atoms with E-state index in [-0.39, 0.29) is 28.4 Å². The summed E-state index contributed by atoms with van der Waals surface area (Å²) in [7, 11) is 1.28. The fourth-order valence-corrected chi connectivity index (χ4v) is 2.46. The van der Waals surface area contributed by atoms with E-state index in [0.717, 1.165) is 5.56 Å². The number of rotatable bonds is 5. The fourth-order valence-electron chi connectivity index (χ4n) is 2.00. The summed E-state index contributed by atoms with van der Waals surface area (Å²) in [5.74, 6) is -0.854. The predicted molar refractivity (Wildman–Crippen MR) is 99.6 cm³/mol. The number of pyridine rings is 1. The molecule has 1 heterocycles. The van der Waals surface area contributed by atoms with E-state index in [1.807, 2.05) is 0 Å². The second-order valence-electron chi connectivity index (χ2n) is 4.96. The van der Waals surface area contributed by atoms with Crippen molar-refractivity contribution in [2.45, 2.75) is 12.5 Å². The number of hydrogen-bond donors (Lipinski definition) is 2. The van der Waals surface area contributed by atoms with E-state index in [9.17, 15) is 9.59 Å². The molecule has 25 heavy (non-hydrogen) atoms.